The van der Waals surface area contributed by atoms with Gasteiger partial charge in [0.2, 0.25) is 4.96 Å². The first-order valence-electron chi connectivity index (χ1n) is 7.22. The largest absolute Gasteiger partial charge is 0.234 e. The highest BCUT2D eigenvalue weighted by atomic mass is 32.1. The van der Waals surface area contributed by atoms with Crippen LogP contribution >= 0.6 is 11.3 Å². The Labute approximate surface area is 132 Å². The lowest BCUT2D eigenvalue weighted by Gasteiger charge is -2.02. The Morgan fingerprint density at radius 1 is 0.864 bits per heavy atom. The van der Waals surface area contributed by atoms with Crippen molar-refractivity contribution < 1.29 is 0 Å². The van der Waals surface area contributed by atoms with Crippen molar-refractivity contribution in [2.24, 2.45) is 0 Å². The zero-order valence-corrected chi connectivity index (χ0v) is 12.9. The van der Waals surface area contributed by atoms with Crippen molar-refractivity contribution in [1.29, 1.82) is 0 Å². The molecular weight excluding hydrogens is 292 g/mol. The fraction of sp³-hybridized carbons (Fsp3) is 0.118. The van der Waals surface area contributed by atoms with Gasteiger partial charge in [-0.15, -0.1) is 10.2 Å². The zero-order valence-electron chi connectivity index (χ0n) is 12.1. The molecule has 0 unspecified atom stereocenters. The zero-order chi connectivity index (χ0) is 14.9. The van der Waals surface area contributed by atoms with Gasteiger partial charge in [0, 0.05) is 12.0 Å². The maximum atomic E-state index is 4.63. The number of aromatic nitrogens is 4. The van der Waals surface area contributed by atoms with E-state index in [0.29, 0.717) is 0 Å². The smallest absolute Gasteiger partial charge is 0.187 e. The number of hydrogen-bond acceptors (Lipinski definition) is 4. The van der Waals surface area contributed by atoms with Crippen molar-refractivity contribution in [1.82, 2.24) is 19.8 Å². The van der Waals surface area contributed by atoms with Crippen LogP contribution in [0.2, 0.25) is 0 Å². The first-order valence-corrected chi connectivity index (χ1v) is 8.04. The monoisotopic (exact) mass is 306 g/mol. The number of nitrogens with zero attached hydrogens (tertiary/aromatic N) is 4. The van der Waals surface area contributed by atoms with Crippen molar-refractivity contribution in [3.63, 3.8) is 0 Å². The minimum Gasteiger partial charge on any atom is -0.187 e. The maximum Gasteiger partial charge on any atom is 0.234 e. The first-order chi connectivity index (χ1) is 10.8. The molecule has 4 aromatic rings. The number of benzene rings is 2. The molecule has 0 atom stereocenters. The molecule has 0 saturated heterocycles. The van der Waals surface area contributed by atoms with E-state index in [1.165, 1.54) is 11.1 Å². The summed E-state index contributed by atoms with van der Waals surface area (Å²) in [6.45, 7) is 2.06. The molecule has 2 heterocycles. The van der Waals surface area contributed by atoms with Crippen molar-refractivity contribution in [2.45, 2.75) is 13.3 Å². The van der Waals surface area contributed by atoms with E-state index in [2.05, 4.69) is 70.8 Å². The van der Waals surface area contributed by atoms with Crippen LogP contribution in [0.25, 0.3) is 26.7 Å². The summed E-state index contributed by atoms with van der Waals surface area (Å²) in [6, 6.07) is 18.9. The Morgan fingerprint density at radius 3 is 2.27 bits per heavy atom. The summed E-state index contributed by atoms with van der Waals surface area (Å²) in [5.41, 5.74) is 3.54. The van der Waals surface area contributed by atoms with Crippen molar-refractivity contribution in [3.8, 4) is 21.7 Å². The van der Waals surface area contributed by atoms with Crippen LogP contribution < -0.4 is 0 Å². The molecule has 2 aromatic carbocycles. The van der Waals surface area contributed by atoms with Gasteiger partial charge in [0.15, 0.2) is 5.82 Å². The average Bonchev–Trinajstić information content (AvgIpc) is 3.16. The second-order valence-corrected chi connectivity index (χ2v) is 5.97. The SMILES string of the molecule is CCc1nnc2sc(-c3ccc(-c4ccccc4)cc3)nn12. The highest BCUT2D eigenvalue weighted by Gasteiger charge is 2.11. The van der Waals surface area contributed by atoms with Crippen molar-refractivity contribution in [3.05, 3.63) is 60.4 Å². The lowest BCUT2D eigenvalue weighted by molar-refractivity contribution is 0.838. The van der Waals surface area contributed by atoms with Crippen LogP contribution in [0.15, 0.2) is 54.6 Å². The van der Waals surface area contributed by atoms with Gasteiger partial charge in [-0.25, -0.2) is 0 Å². The van der Waals surface area contributed by atoms with E-state index in [9.17, 15) is 0 Å². The van der Waals surface area contributed by atoms with Gasteiger partial charge >= 0.3 is 0 Å². The van der Waals surface area contributed by atoms with Crippen LogP contribution in [0, 0.1) is 0 Å². The summed E-state index contributed by atoms with van der Waals surface area (Å²) in [5, 5.41) is 13.9. The van der Waals surface area contributed by atoms with E-state index in [1.807, 2.05) is 10.6 Å². The minimum absolute atomic E-state index is 0.831. The molecule has 0 radical (unpaired) electrons. The highest BCUT2D eigenvalue weighted by molar-refractivity contribution is 7.19. The molecule has 0 saturated carbocycles. The Morgan fingerprint density at radius 2 is 1.55 bits per heavy atom. The normalized spacial score (nSPS) is 11.1. The highest BCUT2D eigenvalue weighted by Crippen LogP contribution is 2.28. The predicted molar refractivity (Wildman–Crippen MR) is 88.9 cm³/mol. The summed E-state index contributed by atoms with van der Waals surface area (Å²) in [6.07, 6.45) is 0.831. The second-order valence-electron chi connectivity index (χ2n) is 5.01. The molecule has 0 N–H and O–H groups in total. The fourth-order valence-corrected chi connectivity index (χ4v) is 3.29. The molecule has 2 aromatic heterocycles. The van der Waals surface area contributed by atoms with Gasteiger partial charge in [0.05, 0.1) is 0 Å². The van der Waals surface area contributed by atoms with E-state index < -0.39 is 0 Å². The van der Waals surface area contributed by atoms with Gasteiger partial charge in [0.25, 0.3) is 0 Å². The standard InChI is InChI=1S/C17H14N4S/c1-2-15-18-19-17-21(15)20-16(22-17)14-10-8-13(9-11-14)12-6-4-3-5-7-12/h3-11H,2H2,1H3. The van der Waals surface area contributed by atoms with Crippen LogP contribution in [-0.4, -0.2) is 19.8 Å². The Bertz CT molecular complexity index is 907. The second kappa shape index (κ2) is 5.35. The molecule has 0 bridgehead atoms. The molecular formula is C17H14N4S. The molecule has 4 nitrogen and oxygen atoms in total. The molecule has 108 valence electrons. The lowest BCUT2D eigenvalue weighted by atomic mass is 10.0. The molecule has 4 rings (SSSR count). The van der Waals surface area contributed by atoms with Crippen LogP contribution in [0.1, 0.15) is 12.7 Å². The number of rotatable bonds is 3. The van der Waals surface area contributed by atoms with Gasteiger partial charge in [-0.1, -0.05) is 72.9 Å². The first kappa shape index (κ1) is 13.2. The molecule has 0 spiro atoms. The molecule has 5 heteroatoms. The minimum atomic E-state index is 0.831. The predicted octanol–water partition coefficient (Wildman–Crippen LogP) is 4.08. The van der Waals surface area contributed by atoms with Crippen LogP contribution in [-0.2, 0) is 6.42 Å². The summed E-state index contributed by atoms with van der Waals surface area (Å²) in [5.74, 6) is 0.901. The third kappa shape index (κ3) is 2.19. The fourth-order valence-electron chi connectivity index (χ4n) is 2.43. The van der Waals surface area contributed by atoms with Gasteiger partial charge in [-0.3, -0.25) is 0 Å². The van der Waals surface area contributed by atoms with E-state index in [0.717, 1.165) is 27.8 Å². The van der Waals surface area contributed by atoms with Gasteiger partial charge in [-0.05, 0) is 11.1 Å². The molecule has 0 aliphatic carbocycles. The quantitative estimate of drug-likeness (QED) is 0.573. The Hall–Kier alpha value is -2.53. The van der Waals surface area contributed by atoms with Crippen molar-refractivity contribution in [2.75, 3.05) is 0 Å². The van der Waals surface area contributed by atoms with E-state index in [-0.39, 0.29) is 0 Å². The van der Waals surface area contributed by atoms with Crippen LogP contribution in [0.3, 0.4) is 0 Å². The third-order valence-electron chi connectivity index (χ3n) is 3.61. The Kier molecular flexibility index (Phi) is 3.20. The van der Waals surface area contributed by atoms with E-state index in [4.69, 9.17) is 0 Å². The molecule has 0 fully saturated rings. The Balaban J connectivity index is 1.71. The molecule has 22 heavy (non-hydrogen) atoms. The number of fused-ring (bicyclic) bond motifs is 1. The van der Waals surface area contributed by atoms with Gasteiger partial charge < -0.3 is 0 Å². The van der Waals surface area contributed by atoms with Crippen LogP contribution in [0.4, 0.5) is 0 Å². The summed E-state index contributed by atoms with van der Waals surface area (Å²) >= 11 is 1.57. The van der Waals surface area contributed by atoms with Gasteiger partial charge in [0.1, 0.15) is 5.01 Å². The lowest BCUT2D eigenvalue weighted by Crippen LogP contribution is -1.93. The molecule has 0 aliphatic rings. The van der Waals surface area contributed by atoms with E-state index >= 15 is 0 Å². The third-order valence-corrected chi connectivity index (χ3v) is 4.56. The van der Waals surface area contributed by atoms with Crippen molar-refractivity contribution >= 4 is 16.3 Å². The molecule has 0 amide bonds. The summed E-state index contributed by atoms with van der Waals surface area (Å²) < 4.78 is 1.84. The van der Waals surface area contributed by atoms with Crippen LogP contribution in [0.5, 0.6) is 0 Å². The maximum absolute atomic E-state index is 4.63. The summed E-state index contributed by atoms with van der Waals surface area (Å²) in [7, 11) is 0. The topological polar surface area (TPSA) is 43.1 Å². The molecule has 0 aliphatic heterocycles. The van der Waals surface area contributed by atoms with E-state index in [1.54, 1.807) is 11.3 Å². The number of hydrogen-bond donors (Lipinski definition) is 0. The van der Waals surface area contributed by atoms with Gasteiger partial charge in [-0.2, -0.15) is 9.61 Å². The summed E-state index contributed by atoms with van der Waals surface area (Å²) in [4.78, 5) is 0.846. The number of aryl methyl sites for hydroxylation is 1. The average molecular weight is 306 g/mol.